The number of aryl methyl sites for hydroxylation is 1. The molecule has 0 saturated heterocycles. The predicted octanol–water partition coefficient (Wildman–Crippen LogP) is 4.08. The van der Waals surface area contributed by atoms with E-state index in [1.54, 1.807) is 0 Å². The Morgan fingerprint density at radius 3 is 2.24 bits per heavy atom. The first-order valence-electron chi connectivity index (χ1n) is 7.53. The number of ketones is 1. The van der Waals surface area contributed by atoms with Crippen molar-refractivity contribution in [2.45, 2.75) is 26.2 Å². The number of carbonyl (C=O) groups is 1. The molecule has 0 N–H and O–H groups in total. The van der Waals surface area contributed by atoms with E-state index in [1.807, 2.05) is 42.5 Å². The zero-order valence-corrected chi connectivity index (χ0v) is 12.5. The van der Waals surface area contributed by atoms with Gasteiger partial charge in [-0.05, 0) is 24.0 Å². The van der Waals surface area contributed by atoms with Crippen LogP contribution >= 0.6 is 0 Å². The summed E-state index contributed by atoms with van der Waals surface area (Å²) < 4.78 is 5.48. The third-order valence-corrected chi connectivity index (χ3v) is 3.43. The van der Waals surface area contributed by atoms with Gasteiger partial charge in [0, 0.05) is 5.56 Å². The second-order valence-corrected chi connectivity index (χ2v) is 5.16. The quantitative estimate of drug-likeness (QED) is 0.538. The van der Waals surface area contributed by atoms with E-state index >= 15 is 0 Å². The number of benzene rings is 2. The topological polar surface area (TPSA) is 26.3 Å². The fraction of sp³-hybridized carbons (Fsp3) is 0.316. The molecule has 0 atom stereocenters. The lowest BCUT2D eigenvalue weighted by Gasteiger charge is -2.05. The summed E-state index contributed by atoms with van der Waals surface area (Å²) in [5, 5.41) is 0. The first-order valence-corrected chi connectivity index (χ1v) is 7.53. The van der Waals surface area contributed by atoms with Gasteiger partial charge in [-0.25, -0.2) is 0 Å². The lowest BCUT2D eigenvalue weighted by atomic mass is 10.1. The normalized spacial score (nSPS) is 10.5. The number of hydrogen-bond acceptors (Lipinski definition) is 2. The van der Waals surface area contributed by atoms with Gasteiger partial charge in [-0.2, -0.15) is 0 Å². The Balaban J connectivity index is 1.74. The van der Waals surface area contributed by atoms with Crippen molar-refractivity contribution in [3.63, 3.8) is 0 Å². The molecule has 0 radical (unpaired) electrons. The van der Waals surface area contributed by atoms with E-state index in [9.17, 15) is 4.79 Å². The van der Waals surface area contributed by atoms with Crippen LogP contribution in [0.2, 0.25) is 0 Å². The van der Waals surface area contributed by atoms with Gasteiger partial charge in [0.15, 0.2) is 5.78 Å². The molecule has 0 aliphatic carbocycles. The molecule has 0 fully saturated rings. The summed E-state index contributed by atoms with van der Waals surface area (Å²) in [5.74, 6) is 0.0473. The Morgan fingerprint density at radius 2 is 1.57 bits per heavy atom. The summed E-state index contributed by atoms with van der Waals surface area (Å²) in [4.78, 5) is 12.0. The first-order chi connectivity index (χ1) is 10.3. The summed E-state index contributed by atoms with van der Waals surface area (Å²) in [6.07, 6.45) is 3.02. The molecule has 2 aromatic carbocycles. The Labute approximate surface area is 126 Å². The highest BCUT2D eigenvalue weighted by Gasteiger charge is 2.05. The van der Waals surface area contributed by atoms with Crippen molar-refractivity contribution in [1.29, 1.82) is 0 Å². The van der Waals surface area contributed by atoms with Gasteiger partial charge in [0.25, 0.3) is 0 Å². The second kappa shape index (κ2) is 8.38. The summed E-state index contributed by atoms with van der Waals surface area (Å²) in [6, 6.07) is 18.0. The van der Waals surface area contributed by atoms with Crippen LogP contribution < -0.4 is 0 Å². The molecule has 0 amide bonds. The number of carbonyl (C=O) groups excluding carboxylic acids is 1. The fourth-order valence-corrected chi connectivity index (χ4v) is 2.23. The molecular weight excluding hydrogens is 260 g/mol. The summed E-state index contributed by atoms with van der Waals surface area (Å²) in [7, 11) is 0. The van der Waals surface area contributed by atoms with Gasteiger partial charge in [0.2, 0.25) is 0 Å². The highest BCUT2D eigenvalue weighted by atomic mass is 16.5. The largest absolute Gasteiger partial charge is 0.373 e. The van der Waals surface area contributed by atoms with Crippen LogP contribution in [0.25, 0.3) is 0 Å². The molecule has 110 valence electrons. The number of hydrogen-bond donors (Lipinski definition) is 0. The van der Waals surface area contributed by atoms with Crippen molar-refractivity contribution in [2.75, 3.05) is 13.2 Å². The van der Waals surface area contributed by atoms with Crippen molar-refractivity contribution in [1.82, 2.24) is 0 Å². The molecule has 0 saturated carbocycles. The third kappa shape index (κ3) is 5.16. The van der Waals surface area contributed by atoms with Crippen LogP contribution in [0.1, 0.15) is 34.8 Å². The molecule has 0 spiro atoms. The van der Waals surface area contributed by atoms with Crippen LogP contribution in [0.15, 0.2) is 54.6 Å². The fourth-order valence-electron chi connectivity index (χ4n) is 2.23. The zero-order valence-electron chi connectivity index (χ0n) is 12.5. The average Bonchev–Trinajstić information content (AvgIpc) is 2.53. The van der Waals surface area contributed by atoms with Crippen LogP contribution in [-0.2, 0) is 17.6 Å². The van der Waals surface area contributed by atoms with Crippen LogP contribution in [-0.4, -0.2) is 19.0 Å². The minimum Gasteiger partial charge on any atom is -0.373 e. The maximum absolute atomic E-state index is 12.0. The Bertz CT molecular complexity index is 544. The van der Waals surface area contributed by atoms with Gasteiger partial charge in [-0.15, -0.1) is 0 Å². The van der Waals surface area contributed by atoms with Crippen molar-refractivity contribution >= 4 is 5.78 Å². The molecule has 2 rings (SSSR count). The lowest BCUT2D eigenvalue weighted by Crippen LogP contribution is -2.11. The zero-order chi connectivity index (χ0) is 14.9. The molecule has 2 heteroatoms. The lowest BCUT2D eigenvalue weighted by molar-refractivity contribution is 0.0765. The van der Waals surface area contributed by atoms with Crippen molar-refractivity contribution in [3.8, 4) is 0 Å². The molecule has 0 aromatic heterocycles. The molecule has 2 aromatic rings. The van der Waals surface area contributed by atoms with Crippen molar-refractivity contribution < 1.29 is 9.53 Å². The molecule has 21 heavy (non-hydrogen) atoms. The monoisotopic (exact) mass is 282 g/mol. The van der Waals surface area contributed by atoms with Gasteiger partial charge in [-0.1, -0.05) is 67.9 Å². The van der Waals surface area contributed by atoms with Gasteiger partial charge in [0.1, 0.15) is 6.61 Å². The van der Waals surface area contributed by atoms with Crippen LogP contribution in [0, 0.1) is 0 Å². The molecule has 0 heterocycles. The van der Waals surface area contributed by atoms with E-state index < -0.39 is 0 Å². The minimum atomic E-state index is 0.0473. The molecule has 0 bridgehead atoms. The standard InChI is InChI=1S/C19H22O2/c1-2-6-16-9-11-18(12-10-16)19(20)15-21-14-13-17-7-4-3-5-8-17/h3-5,7-12H,2,6,13-15H2,1H3. The average molecular weight is 282 g/mol. The van der Waals surface area contributed by atoms with E-state index in [0.717, 1.165) is 24.8 Å². The first kappa shape index (κ1) is 15.5. The SMILES string of the molecule is CCCc1ccc(C(=O)COCCc2ccccc2)cc1. The summed E-state index contributed by atoms with van der Waals surface area (Å²) >= 11 is 0. The van der Waals surface area contributed by atoms with Gasteiger partial charge >= 0.3 is 0 Å². The minimum absolute atomic E-state index is 0.0473. The maximum Gasteiger partial charge on any atom is 0.188 e. The van der Waals surface area contributed by atoms with E-state index in [-0.39, 0.29) is 12.4 Å². The predicted molar refractivity (Wildman–Crippen MR) is 85.7 cm³/mol. The molecule has 2 nitrogen and oxygen atoms in total. The number of Topliss-reactive ketones (excluding diaryl/α,β-unsaturated/α-hetero) is 1. The van der Waals surface area contributed by atoms with Crippen LogP contribution in [0.4, 0.5) is 0 Å². The van der Waals surface area contributed by atoms with Gasteiger partial charge in [-0.3, -0.25) is 4.79 Å². The van der Waals surface area contributed by atoms with E-state index in [1.165, 1.54) is 11.1 Å². The Hall–Kier alpha value is -1.93. The third-order valence-electron chi connectivity index (χ3n) is 3.43. The number of ether oxygens (including phenoxy) is 1. The molecule has 0 aliphatic rings. The van der Waals surface area contributed by atoms with Crippen molar-refractivity contribution in [3.05, 3.63) is 71.3 Å². The highest BCUT2D eigenvalue weighted by Crippen LogP contribution is 2.08. The number of rotatable bonds is 8. The summed E-state index contributed by atoms with van der Waals surface area (Å²) in [6.45, 7) is 2.88. The Kier molecular flexibility index (Phi) is 6.17. The van der Waals surface area contributed by atoms with Crippen molar-refractivity contribution in [2.24, 2.45) is 0 Å². The van der Waals surface area contributed by atoms with Gasteiger partial charge < -0.3 is 4.74 Å². The van der Waals surface area contributed by atoms with Crippen LogP contribution in [0.5, 0.6) is 0 Å². The molecule has 0 aliphatic heterocycles. The summed E-state index contributed by atoms with van der Waals surface area (Å²) in [5.41, 5.74) is 3.24. The molecule has 0 unspecified atom stereocenters. The van der Waals surface area contributed by atoms with E-state index in [2.05, 4.69) is 19.1 Å². The van der Waals surface area contributed by atoms with Gasteiger partial charge in [0.05, 0.1) is 6.61 Å². The second-order valence-electron chi connectivity index (χ2n) is 5.16. The van der Waals surface area contributed by atoms with E-state index in [4.69, 9.17) is 4.74 Å². The Morgan fingerprint density at radius 1 is 0.905 bits per heavy atom. The van der Waals surface area contributed by atoms with E-state index in [0.29, 0.717) is 6.61 Å². The van der Waals surface area contributed by atoms with Crippen LogP contribution in [0.3, 0.4) is 0 Å². The smallest absolute Gasteiger partial charge is 0.188 e. The molecular formula is C19H22O2. The maximum atomic E-state index is 12.0. The highest BCUT2D eigenvalue weighted by molar-refractivity contribution is 5.97.